The molecule has 2 aliphatic carbocycles. The van der Waals surface area contributed by atoms with E-state index in [0.717, 1.165) is 19.3 Å². The van der Waals surface area contributed by atoms with Crippen LogP contribution >= 0.6 is 0 Å². The minimum Gasteiger partial charge on any atom is -0.396 e. The van der Waals surface area contributed by atoms with Crippen LogP contribution in [0.3, 0.4) is 0 Å². The van der Waals surface area contributed by atoms with Gasteiger partial charge in [-0.2, -0.15) is 0 Å². The third kappa shape index (κ3) is 1.77. The molecule has 0 aromatic rings. The van der Waals surface area contributed by atoms with Crippen LogP contribution in [0.4, 0.5) is 0 Å². The minimum atomic E-state index is -0.202. The van der Waals surface area contributed by atoms with Crippen molar-refractivity contribution >= 4 is 0 Å². The first-order valence-corrected chi connectivity index (χ1v) is 6.79. The number of fused-ring (bicyclic) bond motifs is 1. The maximum Gasteiger partial charge on any atom is 0.0594 e. The highest BCUT2D eigenvalue weighted by Gasteiger charge is 2.54. The molecule has 4 atom stereocenters. The van der Waals surface area contributed by atoms with Gasteiger partial charge in [-0.15, -0.1) is 0 Å². The molecule has 0 spiro atoms. The zero-order valence-corrected chi connectivity index (χ0v) is 11.5. The van der Waals surface area contributed by atoms with E-state index in [-0.39, 0.29) is 29.5 Å². The van der Waals surface area contributed by atoms with Crippen LogP contribution in [0.1, 0.15) is 47.0 Å². The van der Waals surface area contributed by atoms with E-state index in [2.05, 4.69) is 33.8 Å². The van der Waals surface area contributed by atoms with Crippen molar-refractivity contribution < 1.29 is 10.2 Å². The van der Waals surface area contributed by atoms with E-state index >= 15 is 0 Å². The molecule has 0 amide bonds. The first kappa shape index (κ1) is 13.1. The topological polar surface area (TPSA) is 40.5 Å². The predicted molar refractivity (Wildman–Crippen MR) is 69.6 cm³/mol. The minimum absolute atomic E-state index is 0.0440. The zero-order valence-electron chi connectivity index (χ0n) is 11.5. The lowest BCUT2D eigenvalue weighted by Gasteiger charge is -2.58. The van der Waals surface area contributed by atoms with Crippen molar-refractivity contribution in [3.63, 3.8) is 0 Å². The van der Waals surface area contributed by atoms with Gasteiger partial charge in [-0.25, -0.2) is 0 Å². The number of allylic oxidation sites excluding steroid dienone is 1. The number of aliphatic hydroxyl groups is 2. The average molecular weight is 238 g/mol. The Morgan fingerprint density at radius 2 is 2.00 bits per heavy atom. The van der Waals surface area contributed by atoms with E-state index in [0.29, 0.717) is 5.92 Å². The summed E-state index contributed by atoms with van der Waals surface area (Å²) in [5.41, 5.74) is 1.44. The molecule has 0 aliphatic heterocycles. The van der Waals surface area contributed by atoms with E-state index in [9.17, 15) is 10.2 Å². The van der Waals surface area contributed by atoms with Crippen molar-refractivity contribution in [2.75, 3.05) is 6.61 Å². The molecule has 1 fully saturated rings. The van der Waals surface area contributed by atoms with Gasteiger partial charge in [0, 0.05) is 5.92 Å². The van der Waals surface area contributed by atoms with Gasteiger partial charge >= 0.3 is 0 Å². The fourth-order valence-corrected chi connectivity index (χ4v) is 4.38. The van der Waals surface area contributed by atoms with Gasteiger partial charge in [0.25, 0.3) is 0 Å². The summed E-state index contributed by atoms with van der Waals surface area (Å²) in [6.45, 7) is 9.05. The Morgan fingerprint density at radius 3 is 2.59 bits per heavy atom. The van der Waals surface area contributed by atoms with Gasteiger partial charge in [-0.3, -0.25) is 0 Å². The maximum atomic E-state index is 10.2. The molecular formula is C15H26O2. The lowest BCUT2D eigenvalue weighted by Crippen LogP contribution is -2.54. The van der Waals surface area contributed by atoms with E-state index in [1.165, 1.54) is 5.57 Å². The Hall–Kier alpha value is -0.340. The van der Waals surface area contributed by atoms with Gasteiger partial charge in [0.05, 0.1) is 12.7 Å². The van der Waals surface area contributed by atoms with Gasteiger partial charge in [0.15, 0.2) is 0 Å². The van der Waals surface area contributed by atoms with Crippen molar-refractivity contribution in [3.8, 4) is 0 Å². The zero-order chi connectivity index (χ0) is 12.8. The van der Waals surface area contributed by atoms with Crippen LogP contribution in [-0.2, 0) is 0 Å². The van der Waals surface area contributed by atoms with E-state index in [1.54, 1.807) is 0 Å². The molecule has 0 saturated heterocycles. The van der Waals surface area contributed by atoms with Crippen molar-refractivity contribution in [1.82, 2.24) is 0 Å². The Labute approximate surface area is 105 Å². The highest BCUT2D eigenvalue weighted by Crippen LogP contribution is 2.59. The molecule has 2 nitrogen and oxygen atoms in total. The summed E-state index contributed by atoms with van der Waals surface area (Å²) < 4.78 is 0. The third-order valence-corrected chi connectivity index (χ3v) is 5.71. The standard InChI is InChI=1S/C15H26O2/c1-10-5-6-12-14(2,3)13(17)7-8-15(12,4)11(10)9-16/h5,11-13,16-17H,6-9H2,1-4H3. The summed E-state index contributed by atoms with van der Waals surface area (Å²) in [7, 11) is 0. The molecule has 17 heavy (non-hydrogen) atoms. The van der Waals surface area contributed by atoms with E-state index in [4.69, 9.17) is 0 Å². The highest BCUT2D eigenvalue weighted by atomic mass is 16.3. The van der Waals surface area contributed by atoms with Crippen LogP contribution in [-0.4, -0.2) is 22.9 Å². The van der Waals surface area contributed by atoms with Crippen molar-refractivity contribution in [1.29, 1.82) is 0 Å². The first-order chi connectivity index (χ1) is 7.84. The highest BCUT2D eigenvalue weighted by molar-refractivity contribution is 5.19. The van der Waals surface area contributed by atoms with Gasteiger partial charge in [-0.05, 0) is 42.9 Å². The van der Waals surface area contributed by atoms with Gasteiger partial charge < -0.3 is 10.2 Å². The van der Waals surface area contributed by atoms with Gasteiger partial charge in [0.2, 0.25) is 0 Å². The second-order valence-corrected chi connectivity index (χ2v) is 6.85. The second kappa shape index (κ2) is 4.10. The second-order valence-electron chi connectivity index (χ2n) is 6.85. The molecule has 2 heteroatoms. The molecule has 0 bridgehead atoms. The predicted octanol–water partition coefficient (Wildman–Crippen LogP) is 2.75. The van der Waals surface area contributed by atoms with Crippen molar-refractivity contribution in [2.45, 2.75) is 53.1 Å². The Morgan fingerprint density at radius 1 is 1.35 bits per heavy atom. The van der Waals surface area contributed by atoms with Crippen LogP contribution < -0.4 is 0 Å². The maximum absolute atomic E-state index is 10.2. The summed E-state index contributed by atoms with van der Waals surface area (Å²) in [5.74, 6) is 0.743. The van der Waals surface area contributed by atoms with Crippen LogP contribution in [0.2, 0.25) is 0 Å². The lowest BCUT2D eigenvalue weighted by molar-refractivity contribution is -0.120. The monoisotopic (exact) mass is 238 g/mol. The number of hydrogen-bond acceptors (Lipinski definition) is 2. The van der Waals surface area contributed by atoms with Gasteiger partial charge in [-0.1, -0.05) is 32.4 Å². The third-order valence-electron chi connectivity index (χ3n) is 5.71. The Balaban J connectivity index is 2.41. The first-order valence-electron chi connectivity index (χ1n) is 6.79. The Kier molecular flexibility index (Phi) is 3.16. The lowest BCUT2D eigenvalue weighted by atomic mass is 9.48. The molecule has 2 N–H and O–H groups in total. The fourth-order valence-electron chi connectivity index (χ4n) is 4.38. The molecule has 0 radical (unpaired) electrons. The fraction of sp³-hybridized carbons (Fsp3) is 0.867. The van der Waals surface area contributed by atoms with Crippen molar-refractivity contribution in [2.24, 2.45) is 22.7 Å². The number of rotatable bonds is 1. The summed E-state index contributed by atoms with van der Waals surface area (Å²) in [6, 6.07) is 0. The van der Waals surface area contributed by atoms with Crippen LogP contribution in [0.5, 0.6) is 0 Å². The number of hydrogen-bond donors (Lipinski definition) is 2. The SMILES string of the molecule is CC1=CCC2C(C)(C)C(O)CCC2(C)C1CO. The summed E-state index contributed by atoms with van der Waals surface area (Å²) >= 11 is 0. The number of aliphatic hydroxyl groups excluding tert-OH is 2. The largest absolute Gasteiger partial charge is 0.396 e. The average Bonchev–Trinajstić information content (AvgIpc) is 2.24. The quantitative estimate of drug-likeness (QED) is 0.690. The van der Waals surface area contributed by atoms with Crippen LogP contribution in [0.15, 0.2) is 11.6 Å². The summed E-state index contributed by atoms with van der Waals surface area (Å²) in [5, 5.41) is 19.9. The molecule has 1 saturated carbocycles. The molecule has 2 rings (SSSR count). The summed E-state index contributed by atoms with van der Waals surface area (Å²) in [4.78, 5) is 0. The normalized spacial score (nSPS) is 45.1. The smallest absolute Gasteiger partial charge is 0.0594 e. The van der Waals surface area contributed by atoms with Crippen molar-refractivity contribution in [3.05, 3.63) is 11.6 Å². The molecule has 0 aromatic carbocycles. The molecule has 0 aromatic heterocycles. The van der Waals surface area contributed by atoms with Gasteiger partial charge in [0.1, 0.15) is 0 Å². The molecule has 2 aliphatic rings. The van der Waals surface area contributed by atoms with E-state index in [1.807, 2.05) is 0 Å². The molecule has 0 heterocycles. The summed E-state index contributed by atoms with van der Waals surface area (Å²) in [6.07, 6.45) is 5.00. The Bertz CT molecular complexity index is 332. The van der Waals surface area contributed by atoms with E-state index < -0.39 is 0 Å². The molecule has 98 valence electrons. The molecule has 4 unspecified atom stereocenters. The molecular weight excluding hydrogens is 212 g/mol. The van der Waals surface area contributed by atoms with Crippen LogP contribution in [0, 0.1) is 22.7 Å². The van der Waals surface area contributed by atoms with Crippen LogP contribution in [0.25, 0.3) is 0 Å².